The number of nitrogens with two attached hydrogens (primary N) is 1. The van der Waals surface area contributed by atoms with E-state index in [-0.39, 0.29) is 12.6 Å². The third-order valence-corrected chi connectivity index (χ3v) is 2.88. The molecule has 5 heteroatoms. The Balaban J connectivity index is 2.30. The van der Waals surface area contributed by atoms with E-state index in [0.717, 1.165) is 19.4 Å². The molecule has 1 fully saturated rings. The molecule has 1 aliphatic heterocycles. The number of aliphatic hydroxyl groups is 1. The molecule has 2 rings (SSSR count). The number of hydrogen-bond acceptors (Lipinski definition) is 5. The molecule has 1 unspecified atom stereocenters. The Labute approximate surface area is 94.1 Å². The number of aliphatic hydroxyl groups excluding tert-OH is 1. The minimum absolute atomic E-state index is 0.0998. The fraction of sp³-hybridized carbons (Fsp3) is 0.455. The van der Waals surface area contributed by atoms with Crippen molar-refractivity contribution in [2.24, 2.45) is 0 Å². The zero-order valence-corrected chi connectivity index (χ0v) is 8.93. The zero-order chi connectivity index (χ0) is 11.5. The lowest BCUT2D eigenvalue weighted by Gasteiger charge is -2.25. The van der Waals surface area contributed by atoms with Crippen LogP contribution < -0.4 is 10.6 Å². The van der Waals surface area contributed by atoms with Crippen LogP contribution in [0.1, 0.15) is 18.4 Å². The monoisotopic (exact) mass is 218 g/mol. The van der Waals surface area contributed by atoms with Crippen LogP contribution in [-0.4, -0.2) is 29.3 Å². The second-order valence-corrected chi connectivity index (χ2v) is 3.92. The summed E-state index contributed by atoms with van der Waals surface area (Å²) < 4.78 is 0. The number of nitrogen functional groups attached to an aromatic ring is 1. The molecule has 2 heterocycles. The zero-order valence-electron chi connectivity index (χ0n) is 8.93. The van der Waals surface area contributed by atoms with E-state index in [1.165, 1.54) is 6.20 Å². The maximum Gasteiger partial charge on any atom is 0.152 e. The van der Waals surface area contributed by atoms with Gasteiger partial charge in [0.2, 0.25) is 0 Å². The lowest BCUT2D eigenvalue weighted by molar-refractivity contribution is 0.266. The van der Waals surface area contributed by atoms with E-state index in [0.29, 0.717) is 17.1 Å². The van der Waals surface area contributed by atoms with Crippen molar-refractivity contribution in [3.63, 3.8) is 0 Å². The molecule has 0 bridgehead atoms. The number of aromatic nitrogens is 1. The van der Waals surface area contributed by atoms with Gasteiger partial charge in [-0.1, -0.05) is 0 Å². The van der Waals surface area contributed by atoms with Crippen LogP contribution in [0.15, 0.2) is 12.3 Å². The second-order valence-electron chi connectivity index (χ2n) is 3.92. The highest BCUT2D eigenvalue weighted by Gasteiger charge is 2.26. The van der Waals surface area contributed by atoms with Gasteiger partial charge in [0.1, 0.15) is 6.07 Å². The summed E-state index contributed by atoms with van der Waals surface area (Å²) >= 11 is 0. The molecule has 3 N–H and O–H groups in total. The van der Waals surface area contributed by atoms with Crippen LogP contribution in [0.4, 0.5) is 11.5 Å². The summed E-state index contributed by atoms with van der Waals surface area (Å²) in [5, 5.41) is 17.9. The molecule has 1 saturated heterocycles. The van der Waals surface area contributed by atoms with E-state index < -0.39 is 0 Å². The van der Waals surface area contributed by atoms with Crippen LogP contribution in [0.2, 0.25) is 0 Å². The van der Waals surface area contributed by atoms with Crippen LogP contribution in [-0.2, 0) is 0 Å². The lowest BCUT2D eigenvalue weighted by atomic mass is 10.2. The van der Waals surface area contributed by atoms with Crippen molar-refractivity contribution in [2.45, 2.75) is 18.9 Å². The number of hydrogen-bond donors (Lipinski definition) is 2. The van der Waals surface area contributed by atoms with Crippen LogP contribution >= 0.6 is 0 Å². The van der Waals surface area contributed by atoms with Crippen molar-refractivity contribution in [3.8, 4) is 6.07 Å². The van der Waals surface area contributed by atoms with Gasteiger partial charge in [-0.3, -0.25) is 0 Å². The Hall–Kier alpha value is -1.80. The smallest absolute Gasteiger partial charge is 0.152 e. The van der Waals surface area contributed by atoms with E-state index in [1.54, 1.807) is 6.07 Å². The molecule has 1 aliphatic rings. The molecule has 1 atom stereocenters. The van der Waals surface area contributed by atoms with Gasteiger partial charge in [0.05, 0.1) is 23.9 Å². The largest absolute Gasteiger partial charge is 0.396 e. The van der Waals surface area contributed by atoms with Crippen LogP contribution in [0.25, 0.3) is 0 Å². The molecule has 0 amide bonds. The summed E-state index contributed by atoms with van der Waals surface area (Å²) in [5.41, 5.74) is 6.82. The summed E-state index contributed by atoms with van der Waals surface area (Å²) in [6.07, 6.45) is 3.50. The first-order chi connectivity index (χ1) is 7.76. The van der Waals surface area contributed by atoms with Gasteiger partial charge in [-0.2, -0.15) is 5.26 Å². The minimum Gasteiger partial charge on any atom is -0.396 e. The molecular weight excluding hydrogens is 204 g/mol. The van der Waals surface area contributed by atoms with Crippen LogP contribution in [0.5, 0.6) is 0 Å². The number of pyridine rings is 1. The van der Waals surface area contributed by atoms with Crippen molar-refractivity contribution < 1.29 is 5.11 Å². The summed E-state index contributed by atoms with van der Waals surface area (Å²) in [7, 11) is 0. The number of anilines is 2. The van der Waals surface area contributed by atoms with E-state index in [2.05, 4.69) is 4.98 Å². The predicted octanol–water partition coefficient (Wildman–Crippen LogP) is 0.497. The fourth-order valence-electron chi connectivity index (χ4n) is 2.08. The van der Waals surface area contributed by atoms with Crippen molar-refractivity contribution >= 4 is 11.5 Å². The summed E-state index contributed by atoms with van der Waals surface area (Å²) in [6, 6.07) is 3.72. The first-order valence-electron chi connectivity index (χ1n) is 5.29. The number of rotatable bonds is 2. The summed E-state index contributed by atoms with van der Waals surface area (Å²) in [6.45, 7) is 0.968. The molecular formula is C11H14N4O. The van der Waals surface area contributed by atoms with Crippen LogP contribution in [0.3, 0.4) is 0 Å². The summed E-state index contributed by atoms with van der Waals surface area (Å²) in [5.74, 6) is 0.676. The molecule has 0 aromatic carbocycles. The second kappa shape index (κ2) is 4.37. The molecule has 0 radical (unpaired) electrons. The molecule has 84 valence electrons. The third kappa shape index (κ3) is 1.79. The average Bonchev–Trinajstić information content (AvgIpc) is 2.76. The Kier molecular flexibility index (Phi) is 2.93. The van der Waals surface area contributed by atoms with Gasteiger partial charge in [0, 0.05) is 12.7 Å². The van der Waals surface area contributed by atoms with E-state index in [4.69, 9.17) is 11.0 Å². The highest BCUT2D eigenvalue weighted by molar-refractivity contribution is 5.65. The molecule has 1 aromatic heterocycles. The standard InChI is InChI=1S/C11H14N4O/c12-5-8-4-10(13)11(14-6-8)15-3-1-2-9(15)7-16/h4,6,9,16H,1-3,7,13H2. The van der Waals surface area contributed by atoms with Crippen molar-refractivity contribution in [2.75, 3.05) is 23.8 Å². The van der Waals surface area contributed by atoms with Gasteiger partial charge in [-0.15, -0.1) is 0 Å². The average molecular weight is 218 g/mol. The first-order valence-corrected chi connectivity index (χ1v) is 5.29. The van der Waals surface area contributed by atoms with Crippen molar-refractivity contribution in [3.05, 3.63) is 17.8 Å². The maximum absolute atomic E-state index is 9.23. The molecule has 0 saturated carbocycles. The van der Waals surface area contributed by atoms with E-state index in [9.17, 15) is 5.11 Å². The topological polar surface area (TPSA) is 86.2 Å². The third-order valence-electron chi connectivity index (χ3n) is 2.88. The number of nitrogens with zero attached hydrogens (tertiary/aromatic N) is 3. The fourth-order valence-corrected chi connectivity index (χ4v) is 2.08. The van der Waals surface area contributed by atoms with Gasteiger partial charge >= 0.3 is 0 Å². The molecule has 0 aliphatic carbocycles. The lowest BCUT2D eigenvalue weighted by Crippen LogP contribution is -2.33. The van der Waals surface area contributed by atoms with Gasteiger partial charge in [-0.25, -0.2) is 4.98 Å². The van der Waals surface area contributed by atoms with Gasteiger partial charge in [0.15, 0.2) is 5.82 Å². The van der Waals surface area contributed by atoms with Crippen molar-refractivity contribution in [1.82, 2.24) is 4.98 Å². The summed E-state index contributed by atoms with van der Waals surface area (Å²) in [4.78, 5) is 6.21. The first kappa shape index (κ1) is 10.7. The Morgan fingerprint density at radius 2 is 2.50 bits per heavy atom. The Bertz CT molecular complexity index is 426. The SMILES string of the molecule is N#Cc1cnc(N2CCCC2CO)c(N)c1. The van der Waals surface area contributed by atoms with Gasteiger partial charge < -0.3 is 15.7 Å². The van der Waals surface area contributed by atoms with E-state index >= 15 is 0 Å². The maximum atomic E-state index is 9.23. The van der Waals surface area contributed by atoms with Crippen molar-refractivity contribution in [1.29, 1.82) is 5.26 Å². The molecule has 16 heavy (non-hydrogen) atoms. The highest BCUT2D eigenvalue weighted by atomic mass is 16.3. The van der Waals surface area contributed by atoms with Gasteiger partial charge in [0.25, 0.3) is 0 Å². The molecule has 0 spiro atoms. The van der Waals surface area contributed by atoms with Crippen LogP contribution in [0, 0.1) is 11.3 Å². The van der Waals surface area contributed by atoms with E-state index in [1.807, 2.05) is 11.0 Å². The quantitative estimate of drug-likeness (QED) is 0.754. The Morgan fingerprint density at radius 1 is 1.69 bits per heavy atom. The Morgan fingerprint density at radius 3 is 3.12 bits per heavy atom. The van der Waals surface area contributed by atoms with Gasteiger partial charge in [-0.05, 0) is 18.9 Å². The normalized spacial score (nSPS) is 19.8. The highest BCUT2D eigenvalue weighted by Crippen LogP contribution is 2.28. The molecule has 1 aromatic rings. The molecule has 5 nitrogen and oxygen atoms in total. The number of nitriles is 1. The minimum atomic E-state index is 0.0998. The predicted molar refractivity (Wildman–Crippen MR) is 60.8 cm³/mol.